The van der Waals surface area contributed by atoms with Crippen molar-refractivity contribution in [2.75, 3.05) is 18.2 Å². The van der Waals surface area contributed by atoms with E-state index >= 15 is 0 Å². The summed E-state index contributed by atoms with van der Waals surface area (Å²) in [5.74, 6) is 0.185. The summed E-state index contributed by atoms with van der Waals surface area (Å²) in [6.07, 6.45) is 0. The zero-order valence-corrected chi connectivity index (χ0v) is 24.9. The van der Waals surface area contributed by atoms with Crippen LogP contribution in [-0.2, 0) is 16.1 Å². The first-order chi connectivity index (χ1) is 19.2. The Morgan fingerprint density at radius 1 is 1.00 bits per heavy atom. The van der Waals surface area contributed by atoms with E-state index in [-0.39, 0.29) is 30.0 Å². The lowest BCUT2D eigenvalue weighted by molar-refractivity contribution is -0.138. The van der Waals surface area contributed by atoms with Gasteiger partial charge in [0.05, 0.1) is 25.1 Å². The van der Waals surface area contributed by atoms with Crippen LogP contribution in [0.25, 0.3) is 11.3 Å². The lowest BCUT2D eigenvalue weighted by atomic mass is 10.0. The van der Waals surface area contributed by atoms with Crippen molar-refractivity contribution >= 4 is 40.6 Å². The van der Waals surface area contributed by atoms with Crippen LogP contribution in [0.15, 0.2) is 71.2 Å². The van der Waals surface area contributed by atoms with Crippen molar-refractivity contribution in [3.63, 3.8) is 0 Å². The highest BCUT2D eigenvalue weighted by Crippen LogP contribution is 2.26. The molecular weight excluding hydrogens is 542 g/mol. The Morgan fingerprint density at radius 3 is 2.30 bits per heavy atom. The van der Waals surface area contributed by atoms with Crippen molar-refractivity contribution in [3.05, 3.63) is 82.4 Å². The molecule has 0 saturated carbocycles. The van der Waals surface area contributed by atoms with Crippen LogP contribution in [0.2, 0.25) is 0 Å². The van der Waals surface area contributed by atoms with E-state index in [0.717, 1.165) is 27.7 Å². The topological polar surface area (TPSA) is 97.3 Å². The molecule has 10 heteroatoms. The van der Waals surface area contributed by atoms with Crippen molar-refractivity contribution in [1.82, 2.24) is 19.9 Å². The maximum absolute atomic E-state index is 13.8. The summed E-state index contributed by atoms with van der Waals surface area (Å²) >= 11 is 2.75. The van der Waals surface area contributed by atoms with Gasteiger partial charge < -0.3 is 15.0 Å². The number of nitrogens with zero attached hydrogens (tertiary/aromatic N) is 4. The van der Waals surface area contributed by atoms with Gasteiger partial charge in [-0.05, 0) is 50.1 Å². The molecule has 0 fully saturated rings. The Balaban J connectivity index is 1.59. The Hall–Kier alpha value is -3.76. The number of benzene rings is 2. The number of carbonyl (C=O) groups excluding carboxylic acids is 2. The van der Waals surface area contributed by atoms with Gasteiger partial charge in [-0.2, -0.15) is 0 Å². The molecule has 0 aliphatic carbocycles. The summed E-state index contributed by atoms with van der Waals surface area (Å²) < 4.78 is 5.22. The first kappa shape index (κ1) is 29.2. The number of carbonyl (C=O) groups is 2. The summed E-state index contributed by atoms with van der Waals surface area (Å²) in [6.45, 7) is 7.89. The molecule has 2 aromatic heterocycles. The molecule has 0 radical (unpaired) electrons. The minimum atomic E-state index is -0.723. The fourth-order valence-electron chi connectivity index (χ4n) is 4.27. The van der Waals surface area contributed by atoms with Gasteiger partial charge in [0.1, 0.15) is 16.8 Å². The molecule has 40 heavy (non-hydrogen) atoms. The summed E-state index contributed by atoms with van der Waals surface area (Å²) in [7, 11) is 1.59. The quantitative estimate of drug-likeness (QED) is 0.173. The van der Waals surface area contributed by atoms with Crippen molar-refractivity contribution in [2.45, 2.75) is 45.4 Å². The van der Waals surface area contributed by atoms with Crippen molar-refractivity contribution in [1.29, 1.82) is 0 Å². The van der Waals surface area contributed by atoms with Crippen LogP contribution in [0, 0.1) is 19.8 Å². The molecule has 4 rings (SSSR count). The van der Waals surface area contributed by atoms with Crippen LogP contribution in [0.5, 0.6) is 5.75 Å². The Bertz CT molecular complexity index is 1420. The van der Waals surface area contributed by atoms with Crippen LogP contribution < -0.4 is 10.1 Å². The third-order valence-electron chi connectivity index (χ3n) is 6.13. The lowest BCUT2D eigenvalue weighted by Gasteiger charge is -2.33. The zero-order valence-electron chi connectivity index (χ0n) is 23.2. The van der Waals surface area contributed by atoms with E-state index in [4.69, 9.17) is 9.72 Å². The number of hydrogen-bond acceptors (Lipinski definition) is 8. The predicted octanol–water partition coefficient (Wildman–Crippen LogP) is 6.01. The maximum atomic E-state index is 13.8. The Labute approximate surface area is 243 Å². The van der Waals surface area contributed by atoms with Gasteiger partial charge in [0.25, 0.3) is 0 Å². The first-order valence-electron chi connectivity index (χ1n) is 12.9. The van der Waals surface area contributed by atoms with E-state index in [2.05, 4.69) is 15.3 Å². The highest BCUT2D eigenvalue weighted by atomic mass is 32.2. The number of aryl methyl sites for hydroxylation is 2. The van der Waals surface area contributed by atoms with Gasteiger partial charge in [0.2, 0.25) is 11.8 Å². The Morgan fingerprint density at radius 2 is 1.68 bits per heavy atom. The van der Waals surface area contributed by atoms with E-state index in [1.54, 1.807) is 36.3 Å². The molecule has 1 N–H and O–H groups in total. The average Bonchev–Trinajstić information content (AvgIpc) is 3.40. The number of aromatic nitrogens is 3. The van der Waals surface area contributed by atoms with Gasteiger partial charge in [0.15, 0.2) is 5.16 Å². The largest absolute Gasteiger partial charge is 0.497 e. The molecule has 0 unspecified atom stereocenters. The first-order valence-corrected chi connectivity index (χ1v) is 14.8. The molecule has 0 aliphatic heterocycles. The number of ether oxygens (including phenoxy) is 1. The number of anilines is 1. The van der Waals surface area contributed by atoms with Crippen molar-refractivity contribution in [3.8, 4) is 17.0 Å². The summed E-state index contributed by atoms with van der Waals surface area (Å²) in [5, 5.41) is 6.25. The van der Waals surface area contributed by atoms with E-state index in [0.29, 0.717) is 16.6 Å². The SMILES string of the molecule is COc1ccc(NC(=O)[C@@H](C(C)C)N(Cc2nc(-c3ccccc3)cs2)C(=O)CSc2nc(C)cc(C)n2)cc1. The lowest BCUT2D eigenvalue weighted by Crippen LogP contribution is -2.50. The molecule has 4 aromatic rings. The molecule has 1 atom stereocenters. The number of hydrogen-bond donors (Lipinski definition) is 1. The third kappa shape index (κ3) is 7.67. The maximum Gasteiger partial charge on any atom is 0.247 e. The monoisotopic (exact) mass is 575 g/mol. The van der Waals surface area contributed by atoms with Gasteiger partial charge in [-0.3, -0.25) is 9.59 Å². The van der Waals surface area contributed by atoms with Gasteiger partial charge in [-0.25, -0.2) is 15.0 Å². The second-order valence-electron chi connectivity index (χ2n) is 9.64. The van der Waals surface area contributed by atoms with Crippen molar-refractivity contribution in [2.24, 2.45) is 5.92 Å². The van der Waals surface area contributed by atoms with Crippen LogP contribution in [0.4, 0.5) is 5.69 Å². The molecule has 8 nitrogen and oxygen atoms in total. The van der Waals surface area contributed by atoms with Gasteiger partial charge in [-0.15, -0.1) is 11.3 Å². The number of methoxy groups -OCH3 is 1. The smallest absolute Gasteiger partial charge is 0.247 e. The molecule has 0 saturated heterocycles. The van der Waals surface area contributed by atoms with Crippen molar-refractivity contribution < 1.29 is 14.3 Å². The molecule has 2 heterocycles. The van der Waals surface area contributed by atoms with Crippen LogP contribution >= 0.6 is 23.1 Å². The zero-order chi connectivity index (χ0) is 28.6. The third-order valence-corrected chi connectivity index (χ3v) is 7.79. The second-order valence-corrected chi connectivity index (χ2v) is 11.5. The molecule has 2 aromatic carbocycles. The Kier molecular flexibility index (Phi) is 9.89. The molecule has 0 spiro atoms. The highest BCUT2D eigenvalue weighted by molar-refractivity contribution is 7.99. The molecule has 208 valence electrons. The van der Waals surface area contributed by atoms with Crippen LogP contribution in [0.3, 0.4) is 0 Å². The molecule has 0 aliphatic rings. The second kappa shape index (κ2) is 13.5. The van der Waals surface area contributed by atoms with E-state index in [1.165, 1.54) is 23.1 Å². The summed E-state index contributed by atoms with van der Waals surface area (Å²) in [4.78, 5) is 42.8. The number of rotatable bonds is 11. The van der Waals surface area contributed by atoms with E-state index < -0.39 is 6.04 Å². The number of thiazole rings is 1. The fraction of sp³-hybridized carbons (Fsp3) is 0.300. The predicted molar refractivity (Wildman–Crippen MR) is 161 cm³/mol. The number of amides is 2. The standard InChI is InChI=1S/C30H33N5O3S2/c1-19(2)28(29(37)33-23-11-13-24(38-5)14-12-23)35(27(36)18-40-30-31-20(3)15-21(4)32-30)16-26-34-25(17-39-26)22-9-7-6-8-10-22/h6-15,17,19,28H,16,18H2,1-5H3,(H,33,37)/t28-/m1/s1. The normalized spacial score (nSPS) is 11.8. The molecular formula is C30H33N5O3S2. The number of thioether (sulfide) groups is 1. The minimum absolute atomic E-state index is 0.0961. The number of nitrogens with one attached hydrogen (secondary N) is 1. The summed E-state index contributed by atoms with van der Waals surface area (Å²) in [6, 6.07) is 18.2. The van der Waals surface area contributed by atoms with Crippen LogP contribution in [0.1, 0.15) is 30.2 Å². The highest BCUT2D eigenvalue weighted by Gasteiger charge is 2.33. The molecule has 0 bridgehead atoms. The van der Waals surface area contributed by atoms with Gasteiger partial charge >= 0.3 is 0 Å². The summed E-state index contributed by atoms with van der Waals surface area (Å²) in [5.41, 5.74) is 4.16. The van der Waals surface area contributed by atoms with Gasteiger partial charge in [-0.1, -0.05) is 55.9 Å². The van der Waals surface area contributed by atoms with E-state index in [9.17, 15) is 9.59 Å². The fourth-order valence-corrected chi connectivity index (χ4v) is 5.91. The molecule has 2 amide bonds. The van der Waals surface area contributed by atoms with E-state index in [1.807, 2.05) is 69.5 Å². The minimum Gasteiger partial charge on any atom is -0.497 e. The van der Waals surface area contributed by atoms with Crippen LogP contribution in [-0.4, -0.2) is 50.6 Å². The van der Waals surface area contributed by atoms with Gasteiger partial charge in [0, 0.05) is 28.0 Å². The average molecular weight is 576 g/mol.